The zero-order valence-corrected chi connectivity index (χ0v) is 10.3. The summed E-state index contributed by atoms with van der Waals surface area (Å²) in [7, 11) is 0. The molecule has 19 heavy (non-hydrogen) atoms. The Morgan fingerprint density at radius 2 is 2.11 bits per heavy atom. The smallest absolute Gasteiger partial charge is 0.251 e. The maximum atomic E-state index is 13.4. The van der Waals surface area contributed by atoms with Crippen molar-refractivity contribution in [2.45, 2.75) is 13.1 Å². The van der Waals surface area contributed by atoms with Crippen LogP contribution in [0, 0.1) is 5.82 Å². The van der Waals surface area contributed by atoms with Gasteiger partial charge in [-0.2, -0.15) is 0 Å². The summed E-state index contributed by atoms with van der Waals surface area (Å²) in [5.41, 5.74) is 7.01. The standard InChI is InChI=1S/C14H14FN3O/c15-13-4-2-1-3-11(13)9-18-14(19)10-5-6-17-12(7-10)8-16/h1-7H,8-9,16H2,(H,18,19). The van der Waals surface area contributed by atoms with Gasteiger partial charge in [0.2, 0.25) is 0 Å². The van der Waals surface area contributed by atoms with Crippen molar-refractivity contribution >= 4 is 5.91 Å². The number of nitrogens with two attached hydrogens (primary N) is 1. The first-order chi connectivity index (χ1) is 9.20. The Morgan fingerprint density at radius 1 is 1.32 bits per heavy atom. The molecule has 0 aliphatic rings. The Bertz CT molecular complexity index is 586. The molecule has 0 aliphatic carbocycles. The predicted molar refractivity (Wildman–Crippen MR) is 69.7 cm³/mol. The maximum absolute atomic E-state index is 13.4. The fourth-order valence-electron chi connectivity index (χ4n) is 1.65. The minimum Gasteiger partial charge on any atom is -0.348 e. The second-order valence-corrected chi connectivity index (χ2v) is 4.01. The SMILES string of the molecule is NCc1cc(C(=O)NCc2ccccc2F)ccn1. The van der Waals surface area contributed by atoms with Crippen molar-refractivity contribution in [3.8, 4) is 0 Å². The van der Waals surface area contributed by atoms with Gasteiger partial charge in [0.1, 0.15) is 5.82 Å². The zero-order chi connectivity index (χ0) is 13.7. The van der Waals surface area contributed by atoms with Crippen LogP contribution >= 0.6 is 0 Å². The number of carbonyl (C=O) groups is 1. The van der Waals surface area contributed by atoms with Gasteiger partial charge in [0.25, 0.3) is 5.91 Å². The van der Waals surface area contributed by atoms with Crippen LogP contribution < -0.4 is 11.1 Å². The molecule has 2 rings (SSSR count). The van der Waals surface area contributed by atoms with E-state index in [0.29, 0.717) is 16.8 Å². The number of hydrogen-bond acceptors (Lipinski definition) is 3. The Hall–Kier alpha value is -2.27. The molecule has 0 spiro atoms. The predicted octanol–water partition coefficient (Wildman–Crippen LogP) is 1.61. The topological polar surface area (TPSA) is 68.0 Å². The number of halogens is 1. The first-order valence-electron chi connectivity index (χ1n) is 5.87. The van der Waals surface area contributed by atoms with Crippen LogP contribution in [0.4, 0.5) is 4.39 Å². The molecule has 1 aromatic carbocycles. The van der Waals surface area contributed by atoms with Crippen LogP contribution in [0.25, 0.3) is 0 Å². The molecule has 4 nitrogen and oxygen atoms in total. The van der Waals surface area contributed by atoms with Crippen LogP contribution in [0.15, 0.2) is 42.6 Å². The number of rotatable bonds is 4. The van der Waals surface area contributed by atoms with Gasteiger partial charge in [0.15, 0.2) is 0 Å². The fourth-order valence-corrected chi connectivity index (χ4v) is 1.65. The molecule has 1 amide bonds. The summed E-state index contributed by atoms with van der Waals surface area (Å²) in [5, 5.41) is 2.66. The van der Waals surface area contributed by atoms with Gasteiger partial charge in [-0.1, -0.05) is 18.2 Å². The maximum Gasteiger partial charge on any atom is 0.251 e. The van der Waals surface area contributed by atoms with E-state index in [-0.39, 0.29) is 24.8 Å². The number of nitrogens with zero attached hydrogens (tertiary/aromatic N) is 1. The van der Waals surface area contributed by atoms with Gasteiger partial charge in [-0.05, 0) is 18.2 Å². The summed E-state index contributed by atoms with van der Waals surface area (Å²) in [6.07, 6.45) is 1.53. The molecule has 0 fully saturated rings. The number of hydrogen-bond donors (Lipinski definition) is 2. The second-order valence-electron chi connectivity index (χ2n) is 4.01. The molecule has 0 bridgehead atoms. The Kier molecular flexibility index (Phi) is 4.20. The number of nitrogens with one attached hydrogen (secondary N) is 1. The molecule has 5 heteroatoms. The largest absolute Gasteiger partial charge is 0.348 e. The first kappa shape index (κ1) is 13.2. The molecule has 0 unspecified atom stereocenters. The average Bonchev–Trinajstić information content (AvgIpc) is 2.46. The third-order valence-corrected chi connectivity index (χ3v) is 2.69. The lowest BCUT2D eigenvalue weighted by Gasteiger charge is -2.07. The Labute approximate surface area is 110 Å². The molecule has 0 saturated heterocycles. The number of amides is 1. The Morgan fingerprint density at radius 3 is 2.84 bits per heavy atom. The van der Waals surface area contributed by atoms with Gasteiger partial charge in [-0.15, -0.1) is 0 Å². The first-order valence-corrected chi connectivity index (χ1v) is 5.87. The van der Waals surface area contributed by atoms with Crippen LogP contribution in [0.3, 0.4) is 0 Å². The molecule has 3 N–H and O–H groups in total. The highest BCUT2D eigenvalue weighted by molar-refractivity contribution is 5.94. The van der Waals surface area contributed by atoms with Gasteiger partial charge in [0.05, 0.1) is 5.69 Å². The van der Waals surface area contributed by atoms with Crippen molar-refractivity contribution in [1.29, 1.82) is 0 Å². The lowest BCUT2D eigenvalue weighted by Crippen LogP contribution is -2.23. The second kappa shape index (κ2) is 6.06. The molecule has 0 radical (unpaired) electrons. The van der Waals surface area contributed by atoms with Gasteiger partial charge in [-0.25, -0.2) is 4.39 Å². The van der Waals surface area contributed by atoms with E-state index in [9.17, 15) is 9.18 Å². The molecule has 0 saturated carbocycles. The van der Waals surface area contributed by atoms with Crippen LogP contribution in [0.2, 0.25) is 0 Å². The van der Waals surface area contributed by atoms with Crippen molar-refractivity contribution in [2.75, 3.05) is 0 Å². The lowest BCUT2D eigenvalue weighted by atomic mass is 10.2. The number of pyridine rings is 1. The monoisotopic (exact) mass is 259 g/mol. The van der Waals surface area contributed by atoms with Crippen LogP contribution in [0.5, 0.6) is 0 Å². The quantitative estimate of drug-likeness (QED) is 0.876. The Balaban J connectivity index is 2.03. The van der Waals surface area contributed by atoms with Crippen LogP contribution in [-0.2, 0) is 13.1 Å². The molecule has 1 heterocycles. The van der Waals surface area contributed by atoms with Crippen LogP contribution in [0.1, 0.15) is 21.6 Å². The number of carbonyl (C=O) groups excluding carboxylic acids is 1. The molecular weight excluding hydrogens is 245 g/mol. The summed E-state index contributed by atoms with van der Waals surface area (Å²) in [6, 6.07) is 9.54. The summed E-state index contributed by atoms with van der Waals surface area (Å²) in [6.45, 7) is 0.417. The third-order valence-electron chi connectivity index (χ3n) is 2.69. The molecule has 2 aromatic rings. The molecule has 0 atom stereocenters. The molecule has 0 aliphatic heterocycles. The van der Waals surface area contributed by atoms with E-state index in [1.54, 1.807) is 30.3 Å². The summed E-state index contributed by atoms with van der Waals surface area (Å²) < 4.78 is 13.4. The highest BCUT2D eigenvalue weighted by atomic mass is 19.1. The van der Waals surface area contributed by atoms with Crippen LogP contribution in [-0.4, -0.2) is 10.9 Å². The van der Waals surface area contributed by atoms with Crippen molar-refractivity contribution in [2.24, 2.45) is 5.73 Å². The molecule has 98 valence electrons. The van der Waals surface area contributed by atoms with E-state index >= 15 is 0 Å². The van der Waals surface area contributed by atoms with E-state index in [4.69, 9.17) is 5.73 Å². The van der Waals surface area contributed by atoms with E-state index in [0.717, 1.165) is 0 Å². The van der Waals surface area contributed by atoms with E-state index < -0.39 is 0 Å². The van der Waals surface area contributed by atoms with Crippen molar-refractivity contribution in [3.05, 3.63) is 65.2 Å². The summed E-state index contributed by atoms with van der Waals surface area (Å²) in [4.78, 5) is 15.9. The molecule has 1 aromatic heterocycles. The van der Waals surface area contributed by atoms with Crippen molar-refractivity contribution in [3.63, 3.8) is 0 Å². The lowest BCUT2D eigenvalue weighted by molar-refractivity contribution is 0.0950. The minimum atomic E-state index is -0.333. The zero-order valence-electron chi connectivity index (χ0n) is 10.3. The highest BCUT2D eigenvalue weighted by Crippen LogP contribution is 2.07. The van der Waals surface area contributed by atoms with Crippen molar-refractivity contribution in [1.82, 2.24) is 10.3 Å². The normalized spacial score (nSPS) is 10.2. The minimum absolute atomic E-state index is 0.145. The van der Waals surface area contributed by atoms with E-state index in [2.05, 4.69) is 10.3 Å². The van der Waals surface area contributed by atoms with Gasteiger partial charge >= 0.3 is 0 Å². The highest BCUT2D eigenvalue weighted by Gasteiger charge is 2.07. The fraction of sp³-hybridized carbons (Fsp3) is 0.143. The average molecular weight is 259 g/mol. The van der Waals surface area contributed by atoms with Gasteiger partial charge < -0.3 is 11.1 Å². The molecular formula is C14H14FN3O. The summed E-state index contributed by atoms with van der Waals surface area (Å²) >= 11 is 0. The van der Waals surface area contributed by atoms with Gasteiger partial charge in [0, 0.05) is 30.4 Å². The van der Waals surface area contributed by atoms with E-state index in [1.165, 1.54) is 12.3 Å². The number of aromatic nitrogens is 1. The van der Waals surface area contributed by atoms with E-state index in [1.807, 2.05) is 0 Å². The van der Waals surface area contributed by atoms with Crippen molar-refractivity contribution < 1.29 is 9.18 Å². The summed E-state index contributed by atoms with van der Waals surface area (Å²) in [5.74, 6) is -0.611. The number of benzene rings is 1. The van der Waals surface area contributed by atoms with Gasteiger partial charge in [-0.3, -0.25) is 9.78 Å². The third kappa shape index (κ3) is 3.35.